The van der Waals surface area contributed by atoms with Crippen LogP contribution >= 0.6 is 11.3 Å². The van der Waals surface area contributed by atoms with Crippen LogP contribution in [0.4, 0.5) is 0 Å². The summed E-state index contributed by atoms with van der Waals surface area (Å²) in [5, 5.41) is 0. The van der Waals surface area contributed by atoms with E-state index in [-0.39, 0.29) is 0 Å². The van der Waals surface area contributed by atoms with E-state index in [1.807, 2.05) is 6.07 Å². The Balaban J connectivity index is 2.03. The summed E-state index contributed by atoms with van der Waals surface area (Å²) in [6.07, 6.45) is 2.77. The van der Waals surface area contributed by atoms with Gasteiger partial charge in [0.2, 0.25) is 0 Å². The number of sulfonamides is 1. The lowest BCUT2D eigenvalue weighted by atomic mass is 10.0. The molecule has 1 aromatic rings. The van der Waals surface area contributed by atoms with Crippen LogP contribution in [0, 0.1) is 5.92 Å². The highest BCUT2D eigenvalue weighted by atomic mass is 32.2. The summed E-state index contributed by atoms with van der Waals surface area (Å²) in [6, 6.07) is 3.53. The van der Waals surface area contributed by atoms with Crippen molar-refractivity contribution >= 4 is 21.4 Å². The standard InChI is InChI=1S/C13H22N2O3S2/c1-15(9-11-3-2-8-18-10-11)20(16,17)13-5-4-12(19-13)6-7-14/h4-5,11H,2-3,6-10,14H2,1H3. The fourth-order valence-electron chi connectivity index (χ4n) is 2.34. The molecule has 1 unspecified atom stereocenters. The first-order valence-electron chi connectivity index (χ1n) is 6.87. The predicted octanol–water partition coefficient (Wildman–Crippen LogP) is 1.30. The Morgan fingerprint density at radius 2 is 2.30 bits per heavy atom. The van der Waals surface area contributed by atoms with Crippen LogP contribution in [-0.2, 0) is 21.2 Å². The Kier molecular flexibility index (Phi) is 5.57. The van der Waals surface area contributed by atoms with Crippen molar-refractivity contribution < 1.29 is 13.2 Å². The SMILES string of the molecule is CN(CC1CCCOC1)S(=O)(=O)c1ccc(CCN)s1. The van der Waals surface area contributed by atoms with Gasteiger partial charge in [-0.15, -0.1) is 11.3 Å². The molecule has 114 valence electrons. The lowest BCUT2D eigenvalue weighted by Crippen LogP contribution is -2.34. The van der Waals surface area contributed by atoms with Crippen molar-refractivity contribution in [3.05, 3.63) is 17.0 Å². The van der Waals surface area contributed by atoms with Gasteiger partial charge in [0.25, 0.3) is 10.0 Å². The zero-order valence-corrected chi connectivity index (χ0v) is 13.4. The van der Waals surface area contributed by atoms with E-state index in [1.165, 1.54) is 15.6 Å². The van der Waals surface area contributed by atoms with Gasteiger partial charge in [-0.1, -0.05) is 0 Å². The second-order valence-corrected chi connectivity index (χ2v) is 8.57. The molecular weight excluding hydrogens is 296 g/mol. The number of hydrogen-bond donors (Lipinski definition) is 1. The van der Waals surface area contributed by atoms with Crippen LogP contribution in [-0.4, -0.2) is 46.1 Å². The molecule has 0 spiro atoms. The van der Waals surface area contributed by atoms with Crippen LogP contribution in [0.25, 0.3) is 0 Å². The highest BCUT2D eigenvalue weighted by Gasteiger charge is 2.26. The lowest BCUT2D eigenvalue weighted by molar-refractivity contribution is 0.0495. The third-order valence-electron chi connectivity index (χ3n) is 3.46. The van der Waals surface area contributed by atoms with Gasteiger partial charge in [0.05, 0.1) is 6.61 Å². The molecule has 0 saturated carbocycles. The summed E-state index contributed by atoms with van der Waals surface area (Å²) in [4.78, 5) is 1.01. The molecule has 0 bridgehead atoms. The van der Waals surface area contributed by atoms with Gasteiger partial charge in [0, 0.05) is 25.1 Å². The number of ether oxygens (including phenoxy) is 1. The van der Waals surface area contributed by atoms with E-state index in [4.69, 9.17) is 10.5 Å². The Hall–Kier alpha value is -0.470. The van der Waals surface area contributed by atoms with Crippen molar-refractivity contribution in [3.8, 4) is 0 Å². The molecule has 1 fully saturated rings. The monoisotopic (exact) mass is 318 g/mol. The average molecular weight is 318 g/mol. The predicted molar refractivity (Wildman–Crippen MR) is 80.4 cm³/mol. The normalized spacial score (nSPS) is 20.4. The van der Waals surface area contributed by atoms with Crippen molar-refractivity contribution in [2.24, 2.45) is 11.7 Å². The maximum atomic E-state index is 12.5. The first kappa shape index (κ1) is 15.9. The van der Waals surface area contributed by atoms with E-state index in [0.29, 0.717) is 29.8 Å². The Morgan fingerprint density at radius 3 is 2.95 bits per heavy atom. The van der Waals surface area contributed by atoms with E-state index in [2.05, 4.69) is 0 Å². The van der Waals surface area contributed by atoms with Crippen molar-refractivity contribution in [2.75, 3.05) is 33.4 Å². The third kappa shape index (κ3) is 3.79. The maximum absolute atomic E-state index is 12.5. The molecule has 1 aromatic heterocycles. The van der Waals surface area contributed by atoms with Crippen molar-refractivity contribution in [1.29, 1.82) is 0 Å². The van der Waals surface area contributed by atoms with E-state index in [0.717, 1.165) is 30.7 Å². The highest BCUT2D eigenvalue weighted by molar-refractivity contribution is 7.91. The molecule has 0 amide bonds. The molecule has 2 N–H and O–H groups in total. The third-order valence-corrected chi connectivity index (χ3v) is 6.90. The first-order chi connectivity index (χ1) is 9.54. The van der Waals surface area contributed by atoms with Crippen LogP contribution in [0.3, 0.4) is 0 Å². The molecule has 2 heterocycles. The topological polar surface area (TPSA) is 72.6 Å². The summed E-state index contributed by atoms with van der Waals surface area (Å²) in [5.74, 6) is 0.298. The average Bonchev–Trinajstić information content (AvgIpc) is 2.89. The number of rotatable bonds is 6. The van der Waals surface area contributed by atoms with E-state index < -0.39 is 10.0 Å². The molecule has 7 heteroatoms. The molecule has 1 aliphatic heterocycles. The minimum absolute atomic E-state index is 0.298. The largest absolute Gasteiger partial charge is 0.381 e. The lowest BCUT2D eigenvalue weighted by Gasteiger charge is -2.26. The molecule has 0 aromatic carbocycles. The minimum Gasteiger partial charge on any atom is -0.381 e. The van der Waals surface area contributed by atoms with E-state index >= 15 is 0 Å². The van der Waals surface area contributed by atoms with Gasteiger partial charge < -0.3 is 10.5 Å². The zero-order valence-electron chi connectivity index (χ0n) is 11.7. The van der Waals surface area contributed by atoms with Crippen LogP contribution in [0.15, 0.2) is 16.3 Å². The molecule has 20 heavy (non-hydrogen) atoms. The summed E-state index contributed by atoms with van der Waals surface area (Å²) >= 11 is 1.31. The van der Waals surface area contributed by atoms with Gasteiger partial charge in [0.1, 0.15) is 4.21 Å². The Bertz CT molecular complexity index is 521. The molecular formula is C13H22N2O3S2. The fraction of sp³-hybridized carbons (Fsp3) is 0.692. The molecule has 1 saturated heterocycles. The molecule has 2 rings (SSSR count). The Labute approximate surface area is 124 Å². The molecule has 0 radical (unpaired) electrons. The molecule has 1 atom stereocenters. The smallest absolute Gasteiger partial charge is 0.252 e. The van der Waals surface area contributed by atoms with Crippen LogP contribution in [0.1, 0.15) is 17.7 Å². The van der Waals surface area contributed by atoms with Gasteiger partial charge in [-0.3, -0.25) is 0 Å². The van der Waals surface area contributed by atoms with Crippen LogP contribution in [0.5, 0.6) is 0 Å². The van der Waals surface area contributed by atoms with Crippen LogP contribution in [0.2, 0.25) is 0 Å². The highest BCUT2D eigenvalue weighted by Crippen LogP contribution is 2.26. The van der Waals surface area contributed by atoms with Gasteiger partial charge in [-0.25, -0.2) is 8.42 Å². The van der Waals surface area contributed by atoms with Crippen molar-refractivity contribution in [1.82, 2.24) is 4.31 Å². The van der Waals surface area contributed by atoms with E-state index in [1.54, 1.807) is 13.1 Å². The number of hydrogen-bond acceptors (Lipinski definition) is 5. The Morgan fingerprint density at radius 1 is 1.50 bits per heavy atom. The van der Waals surface area contributed by atoms with Crippen molar-refractivity contribution in [2.45, 2.75) is 23.5 Å². The summed E-state index contributed by atoms with van der Waals surface area (Å²) in [7, 11) is -1.74. The van der Waals surface area contributed by atoms with Crippen molar-refractivity contribution in [3.63, 3.8) is 0 Å². The first-order valence-corrected chi connectivity index (χ1v) is 9.12. The molecule has 5 nitrogen and oxygen atoms in total. The number of thiophene rings is 1. The summed E-state index contributed by atoms with van der Waals surface area (Å²) < 4.78 is 32.2. The van der Waals surface area contributed by atoms with Gasteiger partial charge in [-0.2, -0.15) is 4.31 Å². The van der Waals surface area contributed by atoms with Crippen LogP contribution < -0.4 is 5.73 Å². The summed E-state index contributed by atoms with van der Waals surface area (Å²) in [6.45, 7) is 2.50. The quantitative estimate of drug-likeness (QED) is 0.858. The fourth-order valence-corrected chi connectivity index (χ4v) is 5.17. The maximum Gasteiger partial charge on any atom is 0.252 e. The second-order valence-electron chi connectivity index (χ2n) is 5.13. The zero-order chi connectivity index (χ0) is 14.6. The number of nitrogens with zero attached hydrogens (tertiary/aromatic N) is 1. The second kappa shape index (κ2) is 7.00. The molecule has 1 aliphatic rings. The molecule has 0 aliphatic carbocycles. The minimum atomic E-state index is -3.38. The number of nitrogens with two attached hydrogens (primary N) is 1. The van der Waals surface area contributed by atoms with Gasteiger partial charge in [0.15, 0.2) is 0 Å². The van der Waals surface area contributed by atoms with E-state index in [9.17, 15) is 8.42 Å². The summed E-state index contributed by atoms with van der Waals surface area (Å²) in [5.41, 5.74) is 5.50. The van der Waals surface area contributed by atoms with Gasteiger partial charge >= 0.3 is 0 Å². The van der Waals surface area contributed by atoms with Gasteiger partial charge in [-0.05, 0) is 43.9 Å².